The monoisotopic (exact) mass is 231 g/mol. The predicted molar refractivity (Wildman–Crippen MR) is 54.3 cm³/mol. The summed E-state index contributed by atoms with van der Waals surface area (Å²) in [5.74, 6) is 0. The van der Waals surface area contributed by atoms with Crippen LogP contribution in [0, 0.1) is 10.1 Å². The number of hydrogen-bond donors (Lipinski definition) is 2. The fourth-order valence-electron chi connectivity index (χ4n) is 1.16. The van der Waals surface area contributed by atoms with Crippen molar-refractivity contribution in [3.63, 3.8) is 0 Å². The maximum atomic E-state index is 10.5. The van der Waals surface area contributed by atoms with E-state index in [1.165, 1.54) is 24.3 Å². The zero-order valence-electron chi connectivity index (χ0n) is 7.71. The maximum Gasteiger partial charge on any atom is 0.265 e. The largest absolute Gasteiger partial charge is 0.389 e. The van der Waals surface area contributed by atoms with E-state index in [0.29, 0.717) is 10.6 Å². The molecule has 0 aliphatic heterocycles. The molecule has 0 saturated carbocycles. The van der Waals surface area contributed by atoms with Crippen LogP contribution in [0.2, 0.25) is 5.02 Å². The summed E-state index contributed by atoms with van der Waals surface area (Å²) in [6.07, 6.45) is -1.33. The molecule has 0 saturated heterocycles. The highest BCUT2D eigenvalue weighted by Crippen LogP contribution is 2.20. The minimum absolute atomic E-state index is 0.357. The summed E-state index contributed by atoms with van der Waals surface area (Å²) in [4.78, 5) is 9.76. The van der Waals surface area contributed by atoms with E-state index < -0.39 is 23.7 Å². The van der Waals surface area contributed by atoms with Crippen molar-refractivity contribution in [2.45, 2.75) is 12.1 Å². The topological polar surface area (TPSA) is 83.6 Å². The van der Waals surface area contributed by atoms with Gasteiger partial charge in [0.2, 0.25) is 0 Å². The van der Waals surface area contributed by atoms with Gasteiger partial charge in [-0.1, -0.05) is 23.7 Å². The molecule has 2 N–H and O–H groups in total. The molecule has 0 unspecified atom stereocenters. The van der Waals surface area contributed by atoms with E-state index >= 15 is 0 Å². The Balaban J connectivity index is 2.87. The van der Waals surface area contributed by atoms with Crippen LogP contribution in [0.1, 0.15) is 11.7 Å². The molecule has 6 heteroatoms. The van der Waals surface area contributed by atoms with E-state index in [4.69, 9.17) is 16.7 Å². The summed E-state index contributed by atoms with van der Waals surface area (Å²) >= 11 is 5.63. The molecule has 2 atom stereocenters. The molecule has 0 heterocycles. The van der Waals surface area contributed by atoms with Gasteiger partial charge >= 0.3 is 0 Å². The molecule has 1 rings (SSSR count). The van der Waals surface area contributed by atoms with Gasteiger partial charge < -0.3 is 10.2 Å². The van der Waals surface area contributed by atoms with Gasteiger partial charge in [0.15, 0.2) is 0 Å². The number of nitro groups is 1. The molecule has 0 radical (unpaired) electrons. The summed E-state index contributed by atoms with van der Waals surface area (Å²) in [7, 11) is 0. The molecule has 0 spiro atoms. The predicted octanol–water partition coefficient (Wildman–Crippen LogP) is 1.01. The summed E-state index contributed by atoms with van der Waals surface area (Å²) in [5, 5.41) is 29.3. The molecular formula is C9H10ClNO4. The van der Waals surface area contributed by atoms with Gasteiger partial charge in [0, 0.05) is 9.95 Å². The summed E-state index contributed by atoms with van der Waals surface area (Å²) in [6, 6.07) is 4.60. The molecule has 0 bridgehead atoms. The van der Waals surface area contributed by atoms with Crippen molar-refractivity contribution in [3.05, 3.63) is 45.0 Å². The summed E-state index contributed by atoms with van der Waals surface area (Å²) in [5.41, 5.74) is 0.357. The minimum Gasteiger partial charge on any atom is -0.389 e. The van der Waals surface area contributed by atoms with Crippen LogP contribution in [0.5, 0.6) is 0 Å². The first-order valence-electron chi connectivity index (χ1n) is 4.24. The van der Waals surface area contributed by atoms with Crippen molar-refractivity contribution >= 4 is 11.6 Å². The van der Waals surface area contributed by atoms with Crippen LogP contribution in [0.15, 0.2) is 24.3 Å². The molecule has 1 aromatic rings. The Kier molecular flexibility index (Phi) is 4.02. The van der Waals surface area contributed by atoms with E-state index in [2.05, 4.69) is 0 Å². The normalized spacial score (nSPS) is 14.6. The number of halogens is 1. The number of hydrogen-bond acceptors (Lipinski definition) is 4. The number of aliphatic hydroxyl groups is 2. The van der Waals surface area contributed by atoms with Gasteiger partial charge in [-0.15, -0.1) is 0 Å². The van der Waals surface area contributed by atoms with Gasteiger partial charge in [0.25, 0.3) is 6.04 Å². The second-order valence-corrected chi connectivity index (χ2v) is 3.47. The van der Waals surface area contributed by atoms with Gasteiger partial charge in [-0.25, -0.2) is 0 Å². The number of rotatable bonds is 4. The highest BCUT2D eigenvalue weighted by molar-refractivity contribution is 6.30. The third-order valence-electron chi connectivity index (χ3n) is 2.03. The van der Waals surface area contributed by atoms with E-state index in [0.717, 1.165) is 0 Å². The standard InChI is InChI=1S/C9H10ClNO4/c10-7-3-1-6(2-4-7)9(13)8(5-12)11(14)15/h1-4,8-9,12-13H,5H2/t8-,9-/m1/s1. The number of aliphatic hydroxyl groups excluding tert-OH is 2. The first kappa shape index (κ1) is 11.9. The molecule has 5 nitrogen and oxygen atoms in total. The highest BCUT2D eigenvalue weighted by Gasteiger charge is 2.30. The minimum atomic E-state index is -1.41. The molecule has 0 aliphatic carbocycles. The van der Waals surface area contributed by atoms with Crippen LogP contribution in [0.25, 0.3) is 0 Å². The van der Waals surface area contributed by atoms with Crippen LogP contribution in [-0.2, 0) is 0 Å². The Morgan fingerprint density at radius 1 is 1.40 bits per heavy atom. The first-order valence-corrected chi connectivity index (χ1v) is 4.62. The van der Waals surface area contributed by atoms with Crippen LogP contribution < -0.4 is 0 Å². The first-order chi connectivity index (χ1) is 7.06. The Morgan fingerprint density at radius 2 is 1.93 bits per heavy atom. The average Bonchev–Trinajstić information content (AvgIpc) is 2.19. The maximum absolute atomic E-state index is 10.5. The highest BCUT2D eigenvalue weighted by atomic mass is 35.5. The van der Waals surface area contributed by atoms with Crippen molar-refractivity contribution < 1.29 is 15.1 Å². The van der Waals surface area contributed by atoms with Gasteiger partial charge in [-0.3, -0.25) is 10.1 Å². The van der Waals surface area contributed by atoms with Crippen LogP contribution in [-0.4, -0.2) is 27.8 Å². The lowest BCUT2D eigenvalue weighted by Gasteiger charge is -2.14. The Labute approximate surface area is 91.1 Å². The molecule has 82 valence electrons. The summed E-state index contributed by atoms with van der Waals surface area (Å²) < 4.78 is 0. The van der Waals surface area contributed by atoms with E-state index in [9.17, 15) is 15.2 Å². The lowest BCUT2D eigenvalue weighted by Crippen LogP contribution is -2.31. The molecule has 0 aromatic heterocycles. The van der Waals surface area contributed by atoms with Crippen molar-refractivity contribution in [2.24, 2.45) is 0 Å². The Bertz CT molecular complexity index is 340. The molecule has 0 fully saturated rings. The molecule has 0 aliphatic rings. The van der Waals surface area contributed by atoms with E-state index in [1.54, 1.807) is 0 Å². The number of benzene rings is 1. The van der Waals surface area contributed by atoms with Crippen molar-refractivity contribution in [1.29, 1.82) is 0 Å². The zero-order valence-corrected chi connectivity index (χ0v) is 8.46. The third kappa shape index (κ3) is 2.89. The Morgan fingerprint density at radius 3 is 2.33 bits per heavy atom. The summed E-state index contributed by atoms with van der Waals surface area (Å²) in [6.45, 7) is -0.712. The second-order valence-electron chi connectivity index (χ2n) is 3.03. The van der Waals surface area contributed by atoms with Crippen LogP contribution in [0.4, 0.5) is 0 Å². The third-order valence-corrected chi connectivity index (χ3v) is 2.29. The van der Waals surface area contributed by atoms with Crippen molar-refractivity contribution in [3.8, 4) is 0 Å². The van der Waals surface area contributed by atoms with Crippen molar-refractivity contribution in [1.82, 2.24) is 0 Å². The fraction of sp³-hybridized carbons (Fsp3) is 0.333. The molecular weight excluding hydrogens is 222 g/mol. The number of nitrogens with zero attached hydrogens (tertiary/aromatic N) is 1. The quantitative estimate of drug-likeness (QED) is 0.598. The SMILES string of the molecule is O=[N+]([O-])[C@H](CO)[C@H](O)c1ccc(Cl)cc1. The van der Waals surface area contributed by atoms with Crippen LogP contribution >= 0.6 is 11.6 Å². The van der Waals surface area contributed by atoms with Crippen LogP contribution in [0.3, 0.4) is 0 Å². The smallest absolute Gasteiger partial charge is 0.265 e. The molecule has 15 heavy (non-hydrogen) atoms. The van der Waals surface area contributed by atoms with E-state index in [-0.39, 0.29) is 0 Å². The zero-order chi connectivity index (χ0) is 11.4. The molecule has 1 aromatic carbocycles. The fourth-order valence-corrected chi connectivity index (χ4v) is 1.29. The Hall–Kier alpha value is -1.17. The lowest BCUT2D eigenvalue weighted by atomic mass is 10.0. The second kappa shape index (κ2) is 5.06. The van der Waals surface area contributed by atoms with Crippen molar-refractivity contribution in [2.75, 3.05) is 6.61 Å². The van der Waals surface area contributed by atoms with E-state index in [1.807, 2.05) is 0 Å². The van der Waals surface area contributed by atoms with Gasteiger partial charge in [0.05, 0.1) is 0 Å². The van der Waals surface area contributed by atoms with Gasteiger partial charge in [-0.05, 0) is 17.7 Å². The van der Waals surface area contributed by atoms with Gasteiger partial charge in [-0.2, -0.15) is 0 Å². The molecule has 0 amide bonds. The average molecular weight is 232 g/mol. The van der Waals surface area contributed by atoms with Gasteiger partial charge in [0.1, 0.15) is 12.7 Å². The lowest BCUT2D eigenvalue weighted by molar-refractivity contribution is -0.539.